The monoisotopic (exact) mass is 484 g/mol. The van der Waals surface area contributed by atoms with E-state index in [9.17, 15) is 18.0 Å². The van der Waals surface area contributed by atoms with Crippen LogP contribution in [0.4, 0.5) is 10.8 Å². The number of carbonyl (C=O) groups is 2. The van der Waals surface area contributed by atoms with Crippen molar-refractivity contribution in [1.29, 1.82) is 0 Å². The van der Waals surface area contributed by atoms with Gasteiger partial charge in [-0.1, -0.05) is 35.6 Å². The molecule has 0 unspecified atom stereocenters. The highest BCUT2D eigenvalue weighted by Gasteiger charge is 2.34. The Morgan fingerprint density at radius 3 is 2.61 bits per heavy atom. The number of nitrogens with zero attached hydrogens (tertiary/aromatic N) is 3. The van der Waals surface area contributed by atoms with E-state index < -0.39 is 15.7 Å². The standard InChI is InChI=1S/C23H24N4O4S2/c1-15-8-9-18(12-16(15)2)27-14-17(13-21(27)29)22-25-26-23(32-22)24-20(28)10-11-33(30,31)19-6-4-3-5-7-19/h3-9,12,17H,10-11,13-14H2,1-2H3,(H,24,26,28)/t17-/m1/s1. The zero-order valence-corrected chi connectivity index (χ0v) is 19.9. The van der Waals surface area contributed by atoms with Crippen LogP contribution in [0.25, 0.3) is 0 Å². The fourth-order valence-electron chi connectivity index (χ4n) is 3.62. The number of aromatic nitrogens is 2. The molecule has 4 rings (SSSR count). The van der Waals surface area contributed by atoms with Gasteiger partial charge in [-0.2, -0.15) is 0 Å². The van der Waals surface area contributed by atoms with Gasteiger partial charge in [0.1, 0.15) is 5.01 Å². The first-order chi connectivity index (χ1) is 15.7. The Kier molecular flexibility index (Phi) is 6.57. The summed E-state index contributed by atoms with van der Waals surface area (Å²) in [6, 6.07) is 14.0. The molecule has 1 aliphatic rings. The Labute approximate surface area is 196 Å². The van der Waals surface area contributed by atoms with E-state index in [2.05, 4.69) is 15.5 Å². The van der Waals surface area contributed by atoms with Gasteiger partial charge in [0.15, 0.2) is 9.84 Å². The highest BCUT2D eigenvalue weighted by molar-refractivity contribution is 7.91. The largest absolute Gasteiger partial charge is 0.312 e. The van der Waals surface area contributed by atoms with E-state index in [-0.39, 0.29) is 28.9 Å². The molecule has 33 heavy (non-hydrogen) atoms. The minimum atomic E-state index is -3.54. The number of amides is 2. The topological polar surface area (TPSA) is 109 Å². The molecule has 10 heteroatoms. The lowest BCUT2D eigenvalue weighted by molar-refractivity contribution is -0.117. The Morgan fingerprint density at radius 2 is 1.88 bits per heavy atom. The van der Waals surface area contributed by atoms with Crippen LogP contribution in [-0.4, -0.2) is 42.7 Å². The van der Waals surface area contributed by atoms with Gasteiger partial charge in [-0.25, -0.2) is 8.42 Å². The molecule has 1 aromatic heterocycles. The number of rotatable bonds is 7. The summed E-state index contributed by atoms with van der Waals surface area (Å²) >= 11 is 1.21. The van der Waals surface area contributed by atoms with Crippen LogP contribution in [0, 0.1) is 13.8 Å². The Morgan fingerprint density at radius 1 is 1.12 bits per heavy atom. The number of carbonyl (C=O) groups excluding carboxylic acids is 2. The van der Waals surface area contributed by atoms with E-state index in [4.69, 9.17) is 0 Å². The van der Waals surface area contributed by atoms with Crippen LogP contribution in [0.15, 0.2) is 53.4 Å². The van der Waals surface area contributed by atoms with Crippen LogP contribution in [0.1, 0.15) is 34.9 Å². The fourth-order valence-corrected chi connectivity index (χ4v) is 5.73. The number of hydrogen-bond donors (Lipinski definition) is 1. The molecule has 172 valence electrons. The zero-order chi connectivity index (χ0) is 23.6. The van der Waals surface area contributed by atoms with Gasteiger partial charge < -0.3 is 10.2 Å². The van der Waals surface area contributed by atoms with Crippen LogP contribution in [0.2, 0.25) is 0 Å². The second-order valence-electron chi connectivity index (χ2n) is 8.05. The molecule has 1 saturated heterocycles. The summed E-state index contributed by atoms with van der Waals surface area (Å²) in [5, 5.41) is 11.8. The molecule has 0 saturated carbocycles. The van der Waals surface area contributed by atoms with Crippen molar-refractivity contribution in [2.75, 3.05) is 22.5 Å². The lowest BCUT2D eigenvalue weighted by atomic mass is 10.1. The first-order valence-electron chi connectivity index (χ1n) is 10.5. The predicted molar refractivity (Wildman–Crippen MR) is 127 cm³/mol. The second kappa shape index (κ2) is 9.40. The maximum absolute atomic E-state index is 12.6. The minimum Gasteiger partial charge on any atom is -0.312 e. The van der Waals surface area contributed by atoms with Crippen LogP contribution < -0.4 is 10.2 Å². The highest BCUT2D eigenvalue weighted by atomic mass is 32.2. The maximum Gasteiger partial charge on any atom is 0.227 e. The average molecular weight is 485 g/mol. The molecule has 8 nitrogen and oxygen atoms in total. The van der Waals surface area contributed by atoms with Gasteiger partial charge in [0.2, 0.25) is 16.9 Å². The fraction of sp³-hybridized carbons (Fsp3) is 0.304. The third-order valence-electron chi connectivity index (χ3n) is 5.66. The van der Waals surface area contributed by atoms with Crippen molar-refractivity contribution in [3.63, 3.8) is 0 Å². The van der Waals surface area contributed by atoms with Crippen molar-refractivity contribution in [2.24, 2.45) is 0 Å². The molecular weight excluding hydrogens is 460 g/mol. The van der Waals surface area contributed by atoms with Crippen molar-refractivity contribution in [2.45, 2.75) is 37.5 Å². The number of sulfone groups is 1. The van der Waals surface area contributed by atoms with Gasteiger partial charge in [0, 0.05) is 31.0 Å². The normalized spacial score (nSPS) is 16.2. The van der Waals surface area contributed by atoms with Gasteiger partial charge >= 0.3 is 0 Å². The van der Waals surface area contributed by atoms with Gasteiger partial charge in [-0.3, -0.25) is 9.59 Å². The lowest BCUT2D eigenvalue weighted by Gasteiger charge is -2.17. The molecular formula is C23H24N4O4S2. The summed E-state index contributed by atoms with van der Waals surface area (Å²) in [6.07, 6.45) is 0.138. The molecule has 1 aliphatic heterocycles. The van der Waals surface area contributed by atoms with E-state index in [0.29, 0.717) is 23.1 Å². The molecule has 2 heterocycles. The highest BCUT2D eigenvalue weighted by Crippen LogP contribution is 2.34. The smallest absolute Gasteiger partial charge is 0.227 e. The Balaban J connectivity index is 1.35. The van der Waals surface area contributed by atoms with Crippen molar-refractivity contribution in [1.82, 2.24) is 10.2 Å². The quantitative estimate of drug-likeness (QED) is 0.550. The van der Waals surface area contributed by atoms with Crippen LogP contribution in [0.3, 0.4) is 0 Å². The lowest BCUT2D eigenvalue weighted by Crippen LogP contribution is -2.24. The van der Waals surface area contributed by atoms with E-state index in [1.165, 1.54) is 29.0 Å². The molecule has 2 aromatic carbocycles. The third kappa shape index (κ3) is 5.28. The summed E-state index contributed by atoms with van der Waals surface area (Å²) < 4.78 is 24.7. The molecule has 1 N–H and O–H groups in total. The summed E-state index contributed by atoms with van der Waals surface area (Å²) in [5.41, 5.74) is 3.16. The van der Waals surface area contributed by atoms with E-state index in [0.717, 1.165) is 11.3 Å². The Bertz CT molecular complexity index is 1290. The van der Waals surface area contributed by atoms with E-state index in [1.54, 1.807) is 23.1 Å². The number of anilines is 2. The third-order valence-corrected chi connectivity index (χ3v) is 8.40. The molecule has 3 aromatic rings. The number of benzene rings is 2. The summed E-state index contributed by atoms with van der Waals surface area (Å²) in [6.45, 7) is 4.54. The second-order valence-corrected chi connectivity index (χ2v) is 11.2. The van der Waals surface area contributed by atoms with Gasteiger partial charge in [0.05, 0.1) is 10.6 Å². The average Bonchev–Trinajstić information content (AvgIpc) is 3.41. The number of hydrogen-bond acceptors (Lipinski definition) is 7. The molecule has 0 radical (unpaired) electrons. The Hall–Kier alpha value is -3.11. The van der Waals surface area contributed by atoms with Crippen LogP contribution >= 0.6 is 11.3 Å². The molecule has 0 spiro atoms. The summed E-state index contributed by atoms with van der Waals surface area (Å²) in [7, 11) is -3.54. The van der Waals surface area contributed by atoms with Gasteiger partial charge in [-0.15, -0.1) is 10.2 Å². The predicted octanol–water partition coefficient (Wildman–Crippen LogP) is 3.48. The molecule has 2 amide bonds. The van der Waals surface area contributed by atoms with Gasteiger partial charge in [0.25, 0.3) is 0 Å². The van der Waals surface area contributed by atoms with Crippen molar-refractivity contribution in [3.8, 4) is 0 Å². The first-order valence-corrected chi connectivity index (χ1v) is 13.0. The molecule has 1 atom stereocenters. The van der Waals surface area contributed by atoms with Crippen LogP contribution in [-0.2, 0) is 19.4 Å². The summed E-state index contributed by atoms with van der Waals surface area (Å²) in [4.78, 5) is 26.8. The zero-order valence-electron chi connectivity index (χ0n) is 18.3. The SMILES string of the molecule is Cc1ccc(N2C[C@H](c3nnc(NC(=O)CCS(=O)(=O)c4ccccc4)s3)CC2=O)cc1C. The molecule has 1 fully saturated rings. The van der Waals surface area contributed by atoms with Gasteiger partial charge in [-0.05, 0) is 49.2 Å². The van der Waals surface area contributed by atoms with Crippen molar-refractivity contribution in [3.05, 3.63) is 64.7 Å². The maximum atomic E-state index is 12.6. The first kappa shape index (κ1) is 23.1. The van der Waals surface area contributed by atoms with Crippen LogP contribution in [0.5, 0.6) is 0 Å². The number of aryl methyl sites for hydroxylation is 2. The van der Waals surface area contributed by atoms with Crippen molar-refractivity contribution < 1.29 is 18.0 Å². The summed E-state index contributed by atoms with van der Waals surface area (Å²) in [5.74, 6) is -0.830. The molecule has 0 bridgehead atoms. The minimum absolute atomic E-state index is 0.0233. The van der Waals surface area contributed by atoms with E-state index in [1.807, 2.05) is 32.0 Å². The van der Waals surface area contributed by atoms with E-state index >= 15 is 0 Å². The number of nitrogens with one attached hydrogen (secondary N) is 1. The molecule has 0 aliphatic carbocycles. The van der Waals surface area contributed by atoms with Crippen molar-refractivity contribution >= 4 is 43.8 Å².